The number of carboxylic acid groups (broad SMARTS) is 1. The average Bonchev–Trinajstić information content (AvgIpc) is 0.852. The fourth-order valence-corrected chi connectivity index (χ4v) is 13.1. The SMILES string of the molecule is CC(=O)C[C@@H](CCCCN)C(=O)N[C@@H](CO)C(=O)C[C@@H](Cc1ccc(O)cc1)C(=O)N[C@@H](CCCN=C(N)N)C(=O)C[C@@H](CCCCN)C(=O)N[C@@H](CCCN=C(N)N)C(=O)C[C@@H](Cc1ccc(O)cc1)C(=O)N[C@@H](CO)C(=O)C[C@@H](CCCCN)C(=O)N[C@@H](CO)C(=O)C[C@H](C(=O)NCC(=O)C[C@@H](CCCCN)C(=O)O)C(C)C. The molecule has 2 aromatic carbocycles. The highest BCUT2D eigenvalue weighted by Gasteiger charge is 2.38. The number of nitrogens with one attached hydrogen (secondary N) is 6. The van der Waals surface area contributed by atoms with Gasteiger partial charge >= 0.3 is 5.97 Å². The van der Waals surface area contributed by atoms with Crippen molar-refractivity contribution >= 4 is 93.8 Å². The summed E-state index contributed by atoms with van der Waals surface area (Å²) in [4.78, 5) is 203. The fraction of sp³-hybridized carbons (Fsp3) is 0.646. The number of unbranched alkanes of at least 4 members (excludes halogenated alkanes) is 4. The van der Waals surface area contributed by atoms with Crippen molar-refractivity contribution in [2.45, 2.75) is 212 Å². The number of benzene rings is 2. The van der Waals surface area contributed by atoms with Gasteiger partial charge in [-0.1, -0.05) is 63.8 Å². The number of aliphatic hydroxyl groups excluding tert-OH is 3. The zero-order chi connectivity index (χ0) is 86.1. The molecule has 0 aliphatic heterocycles. The molecule has 36 nitrogen and oxygen atoms in total. The third-order valence-corrected chi connectivity index (χ3v) is 19.9. The molecule has 0 saturated carbocycles. The predicted molar refractivity (Wildman–Crippen MR) is 429 cm³/mol. The summed E-state index contributed by atoms with van der Waals surface area (Å²) in [6.45, 7) is 2.16. The molecule has 0 aliphatic carbocycles. The maximum absolute atomic E-state index is 15.0. The maximum atomic E-state index is 15.0. The molecule has 2 rings (SSSR count). The van der Waals surface area contributed by atoms with Crippen LogP contribution in [0.2, 0.25) is 0 Å². The molecule has 0 radical (unpaired) electrons. The average molecular weight is 1620 g/mol. The highest BCUT2D eigenvalue weighted by Crippen LogP contribution is 2.26. The van der Waals surface area contributed by atoms with Crippen molar-refractivity contribution in [3.63, 3.8) is 0 Å². The molecule has 2 aromatic rings. The van der Waals surface area contributed by atoms with Gasteiger partial charge in [-0.2, -0.15) is 0 Å². The van der Waals surface area contributed by atoms with E-state index in [9.17, 15) is 93.0 Å². The number of phenols is 2. The Morgan fingerprint density at radius 3 is 0.991 bits per heavy atom. The minimum absolute atomic E-state index is 0.00516. The number of aliphatic hydroxyl groups is 3. The number of aliphatic carboxylic acids is 1. The van der Waals surface area contributed by atoms with Crippen LogP contribution in [0.5, 0.6) is 11.5 Å². The third kappa shape index (κ3) is 40.9. The standard InChI is InChI=1S/C79H128N16O20/c1-47(2)60(76(113)90-43-59(102)37-54(77(114)115)17-7-11-31-83)42-70(107)65(46-98)94-73(110)53(16-6-10-30-82)39-68(105)63(44-96)95-75(112)55(35-49-20-24-57(100)25-21-49)40-67(104)62(19-13-33-89-79(86)87)91-72(109)52(15-5-9-29-81)38-66(103)61(18-12-32-88-78(84)85)92-74(111)56(36-50-22-26-58(101)27-23-50)41-69(106)64(45-97)93-71(108)51(34-48(3)99)14-4-8-28-80/h20-27,47,51-56,60-65,96-98,100-101H,4-19,28-46,80-83H2,1-3H3,(H,90,113)(H,91,109)(H,92,111)(H,93,108)(H,94,110)(H,95,112)(H,114,115)(H4,84,85,88)(H4,86,87,89)/t51-,52-,53-,54-,55-,56-,60+,61+,62+,63+,64+,65+/m1/s1. The summed E-state index contributed by atoms with van der Waals surface area (Å²) < 4.78 is 0. The Morgan fingerprint density at radius 1 is 0.374 bits per heavy atom. The minimum atomic E-state index is -1.73. The number of Topliss-reactive ketones (excluding diaryl/α,β-unsaturated/α-hetero) is 7. The van der Waals surface area contributed by atoms with Gasteiger partial charge in [0.15, 0.2) is 46.6 Å². The van der Waals surface area contributed by atoms with E-state index < -0.39 is 212 Å². The summed E-state index contributed by atoms with van der Waals surface area (Å²) in [6.07, 6.45) is -0.213. The minimum Gasteiger partial charge on any atom is -0.508 e. The second-order valence-corrected chi connectivity index (χ2v) is 29.7. The number of rotatable bonds is 65. The van der Waals surface area contributed by atoms with Gasteiger partial charge in [-0.15, -0.1) is 0 Å². The highest BCUT2D eigenvalue weighted by molar-refractivity contribution is 6.00. The molecular weight excluding hydrogens is 1490 g/mol. The van der Waals surface area contributed by atoms with Crippen molar-refractivity contribution in [1.82, 2.24) is 31.9 Å². The number of nitrogens with two attached hydrogens (primary N) is 8. The number of amides is 6. The Hall–Kier alpha value is -9.72. The number of carbonyl (C=O) groups excluding carboxylic acids is 13. The van der Waals surface area contributed by atoms with Gasteiger partial charge in [0.05, 0.1) is 44.4 Å². The molecule has 6 amide bonds. The first kappa shape index (κ1) is 101. The van der Waals surface area contributed by atoms with Gasteiger partial charge in [0.2, 0.25) is 35.4 Å². The summed E-state index contributed by atoms with van der Waals surface area (Å²) in [6, 6.07) is 3.62. The molecular formula is C79H128N16O20. The maximum Gasteiger partial charge on any atom is 0.306 e. The number of aliphatic imine (C=N–C) groups is 2. The van der Waals surface area contributed by atoms with Gasteiger partial charge in [0, 0.05) is 93.5 Å². The van der Waals surface area contributed by atoms with E-state index in [0.717, 1.165) is 0 Å². The molecule has 0 saturated heterocycles. The molecule has 0 spiro atoms. The molecule has 115 heavy (non-hydrogen) atoms. The summed E-state index contributed by atoms with van der Waals surface area (Å²) >= 11 is 0. The van der Waals surface area contributed by atoms with Crippen LogP contribution >= 0.6 is 0 Å². The van der Waals surface area contributed by atoms with Crippen LogP contribution in [0.15, 0.2) is 58.5 Å². The molecule has 0 aliphatic rings. The number of ketones is 7. The van der Waals surface area contributed by atoms with Crippen LogP contribution in [0.25, 0.3) is 0 Å². The van der Waals surface area contributed by atoms with Gasteiger partial charge in [-0.25, -0.2) is 0 Å². The second kappa shape index (κ2) is 56.5. The van der Waals surface area contributed by atoms with Crippen molar-refractivity contribution < 1.29 is 97.8 Å². The quantitative estimate of drug-likeness (QED) is 0.0210. The summed E-state index contributed by atoms with van der Waals surface area (Å²) in [5.41, 5.74) is 46.3. The first-order valence-electron chi connectivity index (χ1n) is 39.6. The second-order valence-electron chi connectivity index (χ2n) is 29.7. The van der Waals surface area contributed by atoms with Crippen molar-refractivity contribution in [2.24, 2.45) is 103 Å². The Bertz CT molecular complexity index is 3480. The van der Waals surface area contributed by atoms with Crippen molar-refractivity contribution in [1.29, 1.82) is 0 Å². The lowest BCUT2D eigenvalue weighted by Crippen LogP contribution is -2.50. The largest absolute Gasteiger partial charge is 0.508 e. The van der Waals surface area contributed by atoms with Gasteiger partial charge in [-0.3, -0.25) is 72.3 Å². The summed E-state index contributed by atoms with van der Waals surface area (Å²) in [5.74, 6) is -20.2. The van der Waals surface area contributed by atoms with Crippen molar-refractivity contribution in [3.8, 4) is 11.5 Å². The van der Waals surface area contributed by atoms with Gasteiger partial charge in [0.1, 0.15) is 35.4 Å². The molecule has 0 aromatic heterocycles. The Labute approximate surface area is 672 Å². The summed E-state index contributed by atoms with van der Waals surface area (Å²) in [7, 11) is 0. The Morgan fingerprint density at radius 2 is 0.678 bits per heavy atom. The van der Waals surface area contributed by atoms with E-state index in [0.29, 0.717) is 62.7 Å². The smallest absolute Gasteiger partial charge is 0.306 e. The number of hydrogen-bond donors (Lipinski definition) is 20. The van der Waals surface area contributed by atoms with E-state index in [1.54, 1.807) is 13.8 Å². The number of guanidine groups is 2. The lowest BCUT2D eigenvalue weighted by atomic mass is 9.87. The van der Waals surface area contributed by atoms with Gasteiger partial charge < -0.3 is 113 Å². The fourth-order valence-electron chi connectivity index (χ4n) is 13.1. The van der Waals surface area contributed by atoms with E-state index in [1.165, 1.54) is 55.5 Å². The molecule has 12 atom stereocenters. The van der Waals surface area contributed by atoms with Crippen LogP contribution < -0.4 is 77.8 Å². The Kier molecular flexibility index (Phi) is 49.8. The number of carboxylic acids is 1. The highest BCUT2D eigenvalue weighted by atomic mass is 16.4. The molecule has 0 unspecified atom stereocenters. The molecule has 28 N–H and O–H groups in total. The number of carbonyl (C=O) groups is 14. The number of phenolic OH excluding ortho intramolecular Hbond substituents is 2. The first-order valence-corrected chi connectivity index (χ1v) is 39.6. The van der Waals surface area contributed by atoms with E-state index in [4.69, 9.17) is 45.9 Å². The predicted octanol–water partition coefficient (Wildman–Crippen LogP) is -1.19. The Balaban J connectivity index is 2.62. The van der Waals surface area contributed by atoms with E-state index in [1.807, 2.05) is 0 Å². The third-order valence-electron chi connectivity index (χ3n) is 19.9. The van der Waals surface area contributed by atoms with Crippen molar-refractivity contribution in [3.05, 3.63) is 59.7 Å². The van der Waals surface area contributed by atoms with E-state index >= 15 is 4.79 Å². The lowest BCUT2D eigenvalue weighted by molar-refractivity contribution is -0.144. The topological polar surface area (TPSA) is 665 Å². The normalized spacial score (nSPS) is 14.4. The molecule has 0 fully saturated rings. The van der Waals surface area contributed by atoms with Crippen LogP contribution in [-0.4, -0.2) is 220 Å². The molecule has 0 bridgehead atoms. The van der Waals surface area contributed by atoms with Crippen LogP contribution in [0.1, 0.15) is 180 Å². The zero-order valence-corrected chi connectivity index (χ0v) is 66.8. The number of aromatic hydroxyl groups is 2. The van der Waals surface area contributed by atoms with Crippen LogP contribution in [0.3, 0.4) is 0 Å². The van der Waals surface area contributed by atoms with Crippen LogP contribution in [0.4, 0.5) is 0 Å². The van der Waals surface area contributed by atoms with Crippen molar-refractivity contribution in [2.75, 3.05) is 65.6 Å². The van der Waals surface area contributed by atoms with Crippen LogP contribution in [0, 0.1) is 47.3 Å². The van der Waals surface area contributed by atoms with E-state index in [-0.39, 0.29) is 145 Å². The van der Waals surface area contributed by atoms with E-state index in [2.05, 4.69) is 41.9 Å². The van der Waals surface area contributed by atoms with Gasteiger partial charge in [-0.05, 0) is 164 Å². The molecule has 644 valence electrons. The monoisotopic (exact) mass is 1620 g/mol. The number of hydrogen-bond acceptors (Lipinski definition) is 25. The molecule has 0 heterocycles. The van der Waals surface area contributed by atoms with Gasteiger partial charge in [0.25, 0.3) is 0 Å². The lowest BCUT2D eigenvalue weighted by Gasteiger charge is -2.27. The van der Waals surface area contributed by atoms with Crippen LogP contribution in [-0.2, 0) is 80.0 Å². The zero-order valence-electron chi connectivity index (χ0n) is 66.8. The molecule has 36 heteroatoms. The number of nitrogens with zero attached hydrogens (tertiary/aromatic N) is 2. The first-order chi connectivity index (χ1) is 54.6. The summed E-state index contributed by atoms with van der Waals surface area (Å²) in [5, 5.41) is 77.4.